The second-order valence-corrected chi connectivity index (χ2v) is 5.53. The van der Waals surface area contributed by atoms with Crippen molar-refractivity contribution in [3.8, 4) is 0 Å². The van der Waals surface area contributed by atoms with Crippen molar-refractivity contribution in [3.63, 3.8) is 0 Å². The summed E-state index contributed by atoms with van der Waals surface area (Å²) in [6.45, 7) is 2.90. The number of hydrogen-bond donors (Lipinski definition) is 3. The molecule has 2 aromatic rings. The van der Waals surface area contributed by atoms with E-state index in [2.05, 4.69) is 20.9 Å². The molecule has 3 amide bonds. The van der Waals surface area contributed by atoms with Gasteiger partial charge in [-0.2, -0.15) is 0 Å². The second-order valence-electron chi connectivity index (χ2n) is 5.53. The van der Waals surface area contributed by atoms with Gasteiger partial charge in [-0.3, -0.25) is 9.78 Å². The summed E-state index contributed by atoms with van der Waals surface area (Å²) in [5, 5.41) is 8.07. The third kappa shape index (κ3) is 6.58. The lowest BCUT2D eigenvalue weighted by atomic mass is 10.1. The monoisotopic (exact) mass is 344 g/mol. The van der Waals surface area contributed by atoms with E-state index in [0.717, 1.165) is 16.8 Å². The van der Waals surface area contributed by atoms with Crippen LogP contribution in [0.1, 0.15) is 16.8 Å². The topological polar surface area (TPSA) is 83.1 Å². The van der Waals surface area contributed by atoms with E-state index in [1.165, 1.54) is 12.1 Å². The van der Waals surface area contributed by atoms with Gasteiger partial charge in [-0.1, -0.05) is 18.2 Å². The number of nitrogens with zero attached hydrogens (tertiary/aromatic N) is 1. The summed E-state index contributed by atoms with van der Waals surface area (Å²) in [7, 11) is 0. The number of nitrogens with one attached hydrogen (secondary N) is 3. The lowest BCUT2D eigenvalue weighted by molar-refractivity contribution is -0.120. The SMILES string of the molecule is Cc1cccnc1CNC(=O)NCCNC(=O)Cc1ccc(F)cc1. The first-order valence-electron chi connectivity index (χ1n) is 7.98. The number of urea groups is 1. The van der Waals surface area contributed by atoms with E-state index in [1.54, 1.807) is 18.3 Å². The maximum absolute atomic E-state index is 12.8. The van der Waals surface area contributed by atoms with Crippen LogP contribution in [0.25, 0.3) is 0 Å². The third-order valence-corrected chi connectivity index (χ3v) is 3.54. The molecule has 6 nitrogen and oxygen atoms in total. The van der Waals surface area contributed by atoms with E-state index in [9.17, 15) is 14.0 Å². The summed E-state index contributed by atoms with van der Waals surface area (Å²) in [5.41, 5.74) is 2.55. The lowest BCUT2D eigenvalue weighted by Gasteiger charge is -2.09. The molecule has 0 aliphatic heterocycles. The molecule has 0 saturated carbocycles. The largest absolute Gasteiger partial charge is 0.354 e. The number of aromatic nitrogens is 1. The Bertz CT molecular complexity index is 719. The highest BCUT2D eigenvalue weighted by Gasteiger charge is 2.05. The minimum atomic E-state index is -0.333. The van der Waals surface area contributed by atoms with Gasteiger partial charge in [0.2, 0.25) is 5.91 Å². The molecule has 7 heteroatoms. The molecule has 0 fully saturated rings. The first-order valence-corrected chi connectivity index (χ1v) is 7.98. The Hall–Kier alpha value is -2.96. The zero-order valence-electron chi connectivity index (χ0n) is 14.0. The Kier molecular flexibility index (Phi) is 6.88. The normalized spacial score (nSPS) is 10.2. The van der Waals surface area contributed by atoms with Crippen molar-refractivity contribution in [2.75, 3.05) is 13.1 Å². The number of carbonyl (C=O) groups excluding carboxylic acids is 2. The minimum Gasteiger partial charge on any atom is -0.354 e. The molecule has 0 bridgehead atoms. The standard InChI is InChI=1S/C18H21FN4O2/c1-13-3-2-8-20-16(13)12-23-18(25)22-10-9-21-17(24)11-14-4-6-15(19)7-5-14/h2-8H,9-12H2,1H3,(H,21,24)(H2,22,23,25). The van der Waals surface area contributed by atoms with Crippen LogP contribution < -0.4 is 16.0 Å². The van der Waals surface area contributed by atoms with Crippen molar-refractivity contribution in [1.29, 1.82) is 0 Å². The van der Waals surface area contributed by atoms with Crippen LogP contribution in [-0.2, 0) is 17.8 Å². The molecule has 0 unspecified atom stereocenters. The fraction of sp³-hybridized carbons (Fsp3) is 0.278. The van der Waals surface area contributed by atoms with Gasteiger partial charge >= 0.3 is 6.03 Å². The molecule has 132 valence electrons. The highest BCUT2D eigenvalue weighted by atomic mass is 19.1. The molecule has 0 saturated heterocycles. The van der Waals surface area contributed by atoms with Gasteiger partial charge in [-0.05, 0) is 36.2 Å². The summed E-state index contributed by atoms with van der Waals surface area (Å²) in [6, 6.07) is 9.22. The van der Waals surface area contributed by atoms with Crippen LogP contribution in [0.3, 0.4) is 0 Å². The van der Waals surface area contributed by atoms with Gasteiger partial charge in [0.1, 0.15) is 5.82 Å². The Morgan fingerprint density at radius 1 is 1.04 bits per heavy atom. The Morgan fingerprint density at radius 3 is 2.48 bits per heavy atom. The molecular weight excluding hydrogens is 323 g/mol. The van der Waals surface area contributed by atoms with E-state index in [1.807, 2.05) is 19.1 Å². The summed E-state index contributed by atoms with van der Waals surface area (Å²) in [4.78, 5) is 27.6. The van der Waals surface area contributed by atoms with Crippen LogP contribution in [-0.4, -0.2) is 30.0 Å². The third-order valence-electron chi connectivity index (χ3n) is 3.54. The number of halogens is 1. The zero-order valence-corrected chi connectivity index (χ0v) is 14.0. The fourth-order valence-corrected chi connectivity index (χ4v) is 2.16. The molecule has 1 heterocycles. The van der Waals surface area contributed by atoms with Gasteiger partial charge in [0.15, 0.2) is 0 Å². The number of aryl methyl sites for hydroxylation is 1. The van der Waals surface area contributed by atoms with Gasteiger partial charge in [-0.25, -0.2) is 9.18 Å². The number of rotatable bonds is 7. The average molecular weight is 344 g/mol. The summed E-state index contributed by atoms with van der Waals surface area (Å²) in [5.74, 6) is -0.516. The molecule has 0 spiro atoms. The highest BCUT2D eigenvalue weighted by molar-refractivity contribution is 5.78. The molecule has 0 radical (unpaired) electrons. The van der Waals surface area contributed by atoms with Crippen molar-refractivity contribution in [2.24, 2.45) is 0 Å². The predicted molar refractivity (Wildman–Crippen MR) is 92.3 cm³/mol. The Balaban J connectivity index is 1.60. The van der Waals surface area contributed by atoms with Crippen LogP contribution in [0.2, 0.25) is 0 Å². The van der Waals surface area contributed by atoms with Gasteiger partial charge in [0.25, 0.3) is 0 Å². The molecule has 25 heavy (non-hydrogen) atoms. The Morgan fingerprint density at radius 2 is 1.76 bits per heavy atom. The van der Waals surface area contributed by atoms with E-state index >= 15 is 0 Å². The summed E-state index contributed by atoms with van der Waals surface area (Å²) in [6.07, 6.45) is 1.85. The van der Waals surface area contributed by atoms with Crippen LogP contribution in [0.4, 0.5) is 9.18 Å². The summed E-state index contributed by atoms with van der Waals surface area (Å²) < 4.78 is 12.8. The molecule has 2 rings (SSSR count). The zero-order chi connectivity index (χ0) is 18.1. The molecule has 0 aliphatic carbocycles. The number of amides is 3. The van der Waals surface area contributed by atoms with Crippen LogP contribution in [0.5, 0.6) is 0 Å². The molecule has 0 aliphatic rings. The van der Waals surface area contributed by atoms with Crippen LogP contribution >= 0.6 is 0 Å². The maximum Gasteiger partial charge on any atom is 0.315 e. The van der Waals surface area contributed by atoms with Gasteiger partial charge in [0, 0.05) is 19.3 Å². The van der Waals surface area contributed by atoms with Crippen LogP contribution in [0, 0.1) is 12.7 Å². The smallest absolute Gasteiger partial charge is 0.315 e. The van der Waals surface area contributed by atoms with Gasteiger partial charge in [-0.15, -0.1) is 0 Å². The van der Waals surface area contributed by atoms with Crippen molar-refractivity contribution >= 4 is 11.9 Å². The minimum absolute atomic E-state index is 0.172. The van der Waals surface area contributed by atoms with E-state index in [-0.39, 0.29) is 24.2 Å². The fourth-order valence-electron chi connectivity index (χ4n) is 2.16. The van der Waals surface area contributed by atoms with Crippen molar-refractivity contribution in [1.82, 2.24) is 20.9 Å². The number of hydrogen-bond acceptors (Lipinski definition) is 3. The number of pyridine rings is 1. The maximum atomic E-state index is 12.8. The highest BCUT2D eigenvalue weighted by Crippen LogP contribution is 2.03. The van der Waals surface area contributed by atoms with Crippen molar-refractivity contribution in [3.05, 3.63) is 65.2 Å². The van der Waals surface area contributed by atoms with E-state index in [0.29, 0.717) is 19.6 Å². The molecule has 1 aromatic carbocycles. The lowest BCUT2D eigenvalue weighted by Crippen LogP contribution is -2.40. The molecular formula is C18H21FN4O2. The number of benzene rings is 1. The predicted octanol–water partition coefficient (Wildman–Crippen LogP) is 1.69. The Labute approximate surface area is 145 Å². The van der Waals surface area contributed by atoms with Crippen LogP contribution in [0.15, 0.2) is 42.6 Å². The summed E-state index contributed by atoms with van der Waals surface area (Å²) >= 11 is 0. The van der Waals surface area contributed by atoms with E-state index in [4.69, 9.17) is 0 Å². The second kappa shape index (κ2) is 9.36. The average Bonchev–Trinajstić information content (AvgIpc) is 2.60. The molecule has 0 atom stereocenters. The quantitative estimate of drug-likeness (QED) is 0.669. The van der Waals surface area contributed by atoms with Gasteiger partial charge < -0.3 is 16.0 Å². The number of carbonyl (C=O) groups is 2. The first kappa shape index (κ1) is 18.4. The molecule has 1 aromatic heterocycles. The van der Waals surface area contributed by atoms with E-state index < -0.39 is 0 Å². The van der Waals surface area contributed by atoms with Gasteiger partial charge in [0.05, 0.1) is 18.7 Å². The molecule has 3 N–H and O–H groups in total. The van der Waals surface area contributed by atoms with Crippen molar-refractivity contribution < 1.29 is 14.0 Å². The van der Waals surface area contributed by atoms with Crippen molar-refractivity contribution in [2.45, 2.75) is 19.9 Å². The first-order chi connectivity index (χ1) is 12.0.